The topological polar surface area (TPSA) is 38.2 Å². The van der Waals surface area contributed by atoms with Crippen LogP contribution >= 0.6 is 11.8 Å². The van der Waals surface area contributed by atoms with Crippen LogP contribution in [0, 0.1) is 0 Å². The molecular weight excluding hydrogens is 306 g/mol. The minimum Gasteiger partial charge on any atom is -0.372 e. The highest BCUT2D eigenvalue weighted by atomic mass is 32.2. The first-order valence-corrected chi connectivity index (χ1v) is 9.44. The van der Waals surface area contributed by atoms with Crippen LogP contribution in [0.5, 0.6) is 0 Å². The van der Waals surface area contributed by atoms with E-state index >= 15 is 0 Å². The van der Waals surface area contributed by atoms with Crippen molar-refractivity contribution in [3.63, 3.8) is 0 Å². The SMILES string of the molecule is CSCc1ccc(N2CCC[C@@H](OCc3cccnc3)C2)nc1. The van der Waals surface area contributed by atoms with Crippen molar-refractivity contribution in [1.29, 1.82) is 0 Å². The summed E-state index contributed by atoms with van der Waals surface area (Å²) in [5, 5.41) is 0. The van der Waals surface area contributed by atoms with Crippen LogP contribution in [0.1, 0.15) is 24.0 Å². The number of thioether (sulfide) groups is 1. The lowest BCUT2D eigenvalue weighted by molar-refractivity contribution is 0.0313. The Balaban J connectivity index is 1.55. The fraction of sp³-hybridized carbons (Fsp3) is 0.444. The lowest BCUT2D eigenvalue weighted by atomic mass is 10.1. The van der Waals surface area contributed by atoms with Gasteiger partial charge in [0.05, 0.1) is 12.7 Å². The molecule has 0 saturated carbocycles. The van der Waals surface area contributed by atoms with Crippen LogP contribution in [0.3, 0.4) is 0 Å². The molecule has 0 spiro atoms. The van der Waals surface area contributed by atoms with Crippen LogP contribution in [-0.2, 0) is 17.1 Å². The molecule has 0 bridgehead atoms. The Morgan fingerprint density at radius 2 is 2.22 bits per heavy atom. The maximum absolute atomic E-state index is 6.07. The molecule has 0 radical (unpaired) electrons. The normalized spacial score (nSPS) is 18.1. The summed E-state index contributed by atoms with van der Waals surface area (Å²) in [6, 6.07) is 8.32. The first kappa shape index (κ1) is 16.3. The number of rotatable bonds is 6. The quantitative estimate of drug-likeness (QED) is 0.810. The van der Waals surface area contributed by atoms with Gasteiger partial charge in [-0.2, -0.15) is 11.8 Å². The summed E-state index contributed by atoms with van der Waals surface area (Å²) in [6.07, 6.45) is 10.3. The molecule has 5 heteroatoms. The molecular formula is C18H23N3OS. The zero-order chi connectivity index (χ0) is 15.9. The van der Waals surface area contributed by atoms with Crippen molar-refractivity contribution >= 4 is 17.6 Å². The number of nitrogens with zero attached hydrogens (tertiary/aromatic N) is 3. The van der Waals surface area contributed by atoms with Crippen LogP contribution in [0.2, 0.25) is 0 Å². The summed E-state index contributed by atoms with van der Waals surface area (Å²) in [7, 11) is 0. The third kappa shape index (κ3) is 4.69. The van der Waals surface area contributed by atoms with E-state index in [0.29, 0.717) is 6.61 Å². The Bertz CT molecular complexity index is 591. The van der Waals surface area contributed by atoms with E-state index in [0.717, 1.165) is 43.1 Å². The zero-order valence-corrected chi connectivity index (χ0v) is 14.3. The summed E-state index contributed by atoms with van der Waals surface area (Å²) in [5.41, 5.74) is 2.41. The Morgan fingerprint density at radius 1 is 1.26 bits per heavy atom. The fourth-order valence-electron chi connectivity index (χ4n) is 2.84. The fourth-order valence-corrected chi connectivity index (χ4v) is 3.34. The molecule has 3 heterocycles. The van der Waals surface area contributed by atoms with Crippen LogP contribution in [0.25, 0.3) is 0 Å². The summed E-state index contributed by atoms with van der Waals surface area (Å²) in [5.74, 6) is 2.08. The molecule has 1 fully saturated rings. The standard InChI is InChI=1S/C18H23N3OS/c1-23-14-16-6-7-18(20-11-16)21-9-3-5-17(12-21)22-13-15-4-2-8-19-10-15/h2,4,6-8,10-11,17H,3,5,9,12-14H2,1H3/t17-/m1/s1. The van der Waals surface area contributed by atoms with E-state index in [1.54, 1.807) is 6.20 Å². The maximum Gasteiger partial charge on any atom is 0.128 e. The van der Waals surface area contributed by atoms with Crippen molar-refractivity contribution in [2.45, 2.75) is 31.3 Å². The van der Waals surface area contributed by atoms with Gasteiger partial charge in [-0.25, -0.2) is 4.98 Å². The largest absolute Gasteiger partial charge is 0.372 e. The van der Waals surface area contributed by atoms with E-state index in [9.17, 15) is 0 Å². The number of ether oxygens (including phenoxy) is 1. The predicted octanol–water partition coefficient (Wildman–Crippen LogP) is 3.53. The Hall–Kier alpha value is -1.59. The second-order valence-corrected chi connectivity index (χ2v) is 6.71. The van der Waals surface area contributed by atoms with Gasteiger partial charge in [0.25, 0.3) is 0 Å². The van der Waals surface area contributed by atoms with Gasteiger partial charge in [0.15, 0.2) is 0 Å². The van der Waals surface area contributed by atoms with Gasteiger partial charge >= 0.3 is 0 Å². The van der Waals surface area contributed by atoms with E-state index in [1.165, 1.54) is 5.56 Å². The van der Waals surface area contributed by atoms with Crippen molar-refractivity contribution in [2.75, 3.05) is 24.2 Å². The number of hydrogen-bond acceptors (Lipinski definition) is 5. The minimum atomic E-state index is 0.261. The van der Waals surface area contributed by atoms with E-state index < -0.39 is 0 Å². The molecule has 0 aliphatic carbocycles. The lowest BCUT2D eigenvalue weighted by Gasteiger charge is -2.33. The van der Waals surface area contributed by atoms with Gasteiger partial charge in [0.2, 0.25) is 0 Å². The van der Waals surface area contributed by atoms with Crippen molar-refractivity contribution in [3.8, 4) is 0 Å². The lowest BCUT2D eigenvalue weighted by Crippen LogP contribution is -2.40. The zero-order valence-electron chi connectivity index (χ0n) is 13.5. The summed E-state index contributed by atoms with van der Waals surface area (Å²) >= 11 is 1.82. The van der Waals surface area contributed by atoms with Gasteiger partial charge < -0.3 is 9.64 Å². The summed E-state index contributed by atoms with van der Waals surface area (Å²) < 4.78 is 6.07. The molecule has 1 aliphatic rings. The van der Waals surface area contributed by atoms with Gasteiger partial charge in [-0.1, -0.05) is 12.1 Å². The van der Waals surface area contributed by atoms with E-state index in [4.69, 9.17) is 4.74 Å². The van der Waals surface area contributed by atoms with Gasteiger partial charge in [0.1, 0.15) is 5.82 Å². The monoisotopic (exact) mass is 329 g/mol. The Kier molecular flexibility index (Phi) is 5.88. The Morgan fingerprint density at radius 3 is 2.96 bits per heavy atom. The van der Waals surface area contributed by atoms with Crippen LogP contribution < -0.4 is 4.90 Å². The first-order chi connectivity index (χ1) is 11.3. The first-order valence-electron chi connectivity index (χ1n) is 8.04. The molecule has 1 aliphatic heterocycles. The third-order valence-corrected chi connectivity index (χ3v) is 4.65. The van der Waals surface area contributed by atoms with Gasteiger partial charge in [0, 0.05) is 37.4 Å². The number of hydrogen-bond donors (Lipinski definition) is 0. The minimum absolute atomic E-state index is 0.261. The third-order valence-electron chi connectivity index (χ3n) is 4.03. The second kappa shape index (κ2) is 8.31. The molecule has 4 nitrogen and oxygen atoms in total. The number of piperidine rings is 1. The predicted molar refractivity (Wildman–Crippen MR) is 95.7 cm³/mol. The van der Waals surface area contributed by atoms with Gasteiger partial charge in [-0.05, 0) is 42.4 Å². The number of anilines is 1. The van der Waals surface area contributed by atoms with E-state index in [-0.39, 0.29) is 6.10 Å². The molecule has 0 amide bonds. The van der Waals surface area contributed by atoms with Crippen molar-refractivity contribution in [2.24, 2.45) is 0 Å². The molecule has 23 heavy (non-hydrogen) atoms. The molecule has 2 aromatic heterocycles. The second-order valence-electron chi connectivity index (χ2n) is 5.84. The van der Waals surface area contributed by atoms with Crippen molar-refractivity contribution in [1.82, 2.24) is 9.97 Å². The molecule has 0 unspecified atom stereocenters. The highest BCUT2D eigenvalue weighted by Gasteiger charge is 2.21. The summed E-state index contributed by atoms with van der Waals surface area (Å²) in [4.78, 5) is 11.1. The molecule has 1 atom stereocenters. The van der Waals surface area contributed by atoms with E-state index in [2.05, 4.69) is 39.3 Å². The van der Waals surface area contributed by atoms with Crippen molar-refractivity contribution < 1.29 is 4.74 Å². The molecule has 0 N–H and O–H groups in total. The number of aromatic nitrogens is 2. The van der Waals surface area contributed by atoms with Gasteiger partial charge in [-0.15, -0.1) is 0 Å². The number of pyridine rings is 2. The van der Waals surface area contributed by atoms with E-state index in [1.807, 2.05) is 30.2 Å². The molecule has 2 aromatic rings. The smallest absolute Gasteiger partial charge is 0.128 e. The highest BCUT2D eigenvalue weighted by molar-refractivity contribution is 7.97. The molecule has 122 valence electrons. The van der Waals surface area contributed by atoms with Crippen LogP contribution in [0.15, 0.2) is 42.9 Å². The maximum atomic E-state index is 6.07. The summed E-state index contributed by atoms with van der Waals surface area (Å²) in [6.45, 7) is 2.60. The van der Waals surface area contributed by atoms with Crippen molar-refractivity contribution in [3.05, 3.63) is 54.0 Å². The van der Waals surface area contributed by atoms with Crippen LogP contribution in [-0.4, -0.2) is 35.4 Å². The van der Waals surface area contributed by atoms with Gasteiger partial charge in [-0.3, -0.25) is 4.98 Å². The average Bonchev–Trinajstić information content (AvgIpc) is 2.62. The average molecular weight is 329 g/mol. The molecule has 1 saturated heterocycles. The Labute approximate surface area is 142 Å². The highest BCUT2D eigenvalue weighted by Crippen LogP contribution is 2.21. The molecule has 3 rings (SSSR count). The molecule has 0 aromatic carbocycles. The van der Waals surface area contributed by atoms with Crippen LogP contribution in [0.4, 0.5) is 5.82 Å².